The molecule has 14 N–H and O–H groups in total. The molecule has 0 aromatic rings. The van der Waals surface area contributed by atoms with E-state index in [1.54, 1.807) is 0 Å². The van der Waals surface area contributed by atoms with E-state index in [-0.39, 0.29) is 23.8 Å². The molecule has 0 rings (SSSR count). The smallest absolute Gasteiger partial charge is 0.370 e. The van der Waals surface area contributed by atoms with Crippen LogP contribution in [0.1, 0.15) is 0 Å². The Morgan fingerprint density at radius 2 is 1.10 bits per heavy atom. The molecule has 21 heavy (non-hydrogen) atoms. The summed E-state index contributed by atoms with van der Waals surface area (Å²) in [5, 5.41) is 17.8. The Kier molecular flexibility index (Phi) is 13.8. The number of rotatable bonds is 0. The molecule has 0 saturated heterocycles. The van der Waals surface area contributed by atoms with Gasteiger partial charge < -0.3 is 22.9 Å². The number of aliphatic imine (C=N–C) groups is 2. The van der Waals surface area contributed by atoms with Crippen molar-refractivity contribution in [2.24, 2.45) is 32.9 Å². The van der Waals surface area contributed by atoms with Crippen molar-refractivity contribution in [3.05, 3.63) is 0 Å². The number of nitrogens with one attached hydrogen (secondary N) is 4. The Morgan fingerprint density at radius 1 is 0.905 bits per heavy atom. The molecular formula is C6H20N10O4S. The van der Waals surface area contributed by atoms with Crippen molar-refractivity contribution < 1.29 is 17.5 Å². The van der Waals surface area contributed by atoms with E-state index in [1.165, 1.54) is 14.1 Å². The first-order chi connectivity index (χ1) is 9.33. The third-order valence-electron chi connectivity index (χ3n) is 1.01. The Bertz CT molecular complexity index is 446. The average molecular weight is 328 g/mol. The summed E-state index contributed by atoms with van der Waals surface area (Å²) in [5.41, 5.74) is 19.9. The van der Waals surface area contributed by atoms with Gasteiger partial charge in [0.1, 0.15) is 0 Å². The third-order valence-corrected chi connectivity index (χ3v) is 1.01. The molecule has 0 aliphatic heterocycles. The molecule has 0 unspecified atom stereocenters. The largest absolute Gasteiger partial charge is 0.394 e. The van der Waals surface area contributed by atoms with Crippen LogP contribution >= 0.6 is 0 Å². The van der Waals surface area contributed by atoms with Gasteiger partial charge in [0.05, 0.1) is 0 Å². The predicted octanol–water partition coefficient (Wildman–Crippen LogP) is -3.82. The van der Waals surface area contributed by atoms with Crippen LogP contribution in [0.3, 0.4) is 0 Å². The molecule has 0 saturated carbocycles. The molecule has 0 aliphatic rings. The number of hydrogen-bond acceptors (Lipinski definition) is 6. The van der Waals surface area contributed by atoms with Crippen molar-refractivity contribution in [3.63, 3.8) is 0 Å². The van der Waals surface area contributed by atoms with Gasteiger partial charge in [-0.1, -0.05) is 0 Å². The third kappa shape index (κ3) is 46.8. The summed E-state index contributed by atoms with van der Waals surface area (Å²) < 4.78 is 31.6. The van der Waals surface area contributed by atoms with Crippen molar-refractivity contribution in [2.45, 2.75) is 0 Å². The quantitative estimate of drug-likeness (QED) is 0.117. The van der Waals surface area contributed by atoms with Crippen LogP contribution < -0.4 is 33.6 Å². The molecule has 0 fully saturated rings. The standard InChI is InChI=1S/2C3H9N5.H2O4S/c2*1-7-3(6)8-2(4)5;1-5(2,3)4/h2*1H3,(H6,4,5,6,7,8);(H2,1,2,3,4). The zero-order valence-corrected chi connectivity index (χ0v) is 12.1. The Balaban J connectivity index is -0.000000239. The van der Waals surface area contributed by atoms with Gasteiger partial charge in [-0.15, -0.1) is 0 Å². The second-order valence-electron chi connectivity index (χ2n) is 2.74. The van der Waals surface area contributed by atoms with E-state index in [9.17, 15) is 0 Å². The lowest BCUT2D eigenvalue weighted by molar-refractivity contribution is 0.381. The maximum absolute atomic E-state index is 8.74. The van der Waals surface area contributed by atoms with Crippen LogP contribution in [-0.4, -0.2) is 55.5 Å². The highest BCUT2D eigenvalue weighted by Crippen LogP contribution is 1.59. The minimum absolute atomic E-state index is 0.150. The summed E-state index contributed by atoms with van der Waals surface area (Å²) in [4.78, 5) is 6.98. The predicted molar refractivity (Wildman–Crippen MR) is 79.4 cm³/mol. The van der Waals surface area contributed by atoms with Gasteiger partial charge >= 0.3 is 10.4 Å². The topological polar surface area (TPSA) is 275 Å². The van der Waals surface area contributed by atoms with Gasteiger partial charge in [0.25, 0.3) is 0 Å². The van der Waals surface area contributed by atoms with E-state index in [0.29, 0.717) is 0 Å². The molecule has 0 aromatic carbocycles. The summed E-state index contributed by atoms with van der Waals surface area (Å²) >= 11 is 0. The van der Waals surface area contributed by atoms with Gasteiger partial charge in [0.2, 0.25) is 0 Å². The van der Waals surface area contributed by atoms with Crippen LogP contribution in [0.2, 0.25) is 0 Å². The molecular weight excluding hydrogens is 308 g/mol. The molecule has 0 heterocycles. The monoisotopic (exact) mass is 328 g/mol. The molecule has 0 bridgehead atoms. The van der Waals surface area contributed by atoms with Crippen LogP contribution in [0, 0.1) is 10.8 Å². The first-order valence-electron chi connectivity index (χ1n) is 4.69. The van der Waals surface area contributed by atoms with Crippen molar-refractivity contribution in [1.29, 1.82) is 10.8 Å². The highest BCUT2D eigenvalue weighted by atomic mass is 32.3. The summed E-state index contributed by atoms with van der Waals surface area (Å²) in [6.07, 6.45) is 0. The number of guanidine groups is 4. The number of nitrogens with two attached hydrogens (primary N) is 4. The molecule has 0 radical (unpaired) electrons. The SMILES string of the molecule is CN=C(N)NC(=N)N.CN=C(N)NC(=N)N.O=S(=O)(O)O. The Morgan fingerprint density at radius 3 is 1.14 bits per heavy atom. The van der Waals surface area contributed by atoms with Crippen LogP contribution in [0.4, 0.5) is 0 Å². The van der Waals surface area contributed by atoms with Crippen molar-refractivity contribution in [3.8, 4) is 0 Å². The molecule has 0 spiro atoms. The number of hydrogen-bond donors (Lipinski definition) is 10. The average Bonchev–Trinajstić information content (AvgIpc) is 2.25. The van der Waals surface area contributed by atoms with Gasteiger partial charge in [0.15, 0.2) is 23.8 Å². The molecule has 124 valence electrons. The summed E-state index contributed by atoms with van der Waals surface area (Å²) in [5.74, 6) is -0.101. The lowest BCUT2D eigenvalue weighted by Gasteiger charge is -1.97. The van der Waals surface area contributed by atoms with Gasteiger partial charge in [-0.3, -0.25) is 40.5 Å². The van der Waals surface area contributed by atoms with Gasteiger partial charge in [-0.25, -0.2) is 0 Å². The fourth-order valence-electron chi connectivity index (χ4n) is 0.388. The van der Waals surface area contributed by atoms with Crippen molar-refractivity contribution in [2.75, 3.05) is 14.1 Å². The highest BCUT2D eigenvalue weighted by molar-refractivity contribution is 7.79. The summed E-state index contributed by atoms with van der Waals surface area (Å²) in [6, 6.07) is 0. The van der Waals surface area contributed by atoms with Crippen molar-refractivity contribution in [1.82, 2.24) is 10.6 Å². The minimum atomic E-state index is -4.67. The summed E-state index contributed by atoms with van der Waals surface area (Å²) in [7, 11) is -1.66. The van der Waals surface area contributed by atoms with Crippen LogP contribution in [0.5, 0.6) is 0 Å². The van der Waals surface area contributed by atoms with Gasteiger partial charge in [-0.05, 0) is 0 Å². The number of nitrogens with zero attached hydrogens (tertiary/aromatic N) is 2. The van der Waals surface area contributed by atoms with E-state index in [2.05, 4.69) is 20.6 Å². The van der Waals surface area contributed by atoms with Crippen LogP contribution in [-0.2, 0) is 10.4 Å². The summed E-state index contributed by atoms with van der Waals surface area (Å²) in [6.45, 7) is 0. The molecule has 0 aromatic heterocycles. The fraction of sp³-hybridized carbons (Fsp3) is 0.333. The second-order valence-corrected chi connectivity index (χ2v) is 3.64. The highest BCUT2D eigenvalue weighted by Gasteiger charge is 1.87. The van der Waals surface area contributed by atoms with E-state index in [0.717, 1.165) is 0 Å². The van der Waals surface area contributed by atoms with Gasteiger partial charge in [0, 0.05) is 14.1 Å². The maximum Gasteiger partial charge on any atom is 0.394 e. The zero-order valence-electron chi connectivity index (χ0n) is 11.3. The van der Waals surface area contributed by atoms with Gasteiger partial charge in [-0.2, -0.15) is 8.42 Å². The van der Waals surface area contributed by atoms with Crippen LogP contribution in [0.25, 0.3) is 0 Å². The lowest BCUT2D eigenvalue weighted by Crippen LogP contribution is -2.40. The van der Waals surface area contributed by atoms with E-state index in [4.69, 9.17) is 51.3 Å². The molecule has 14 nitrogen and oxygen atoms in total. The normalized spacial score (nSPS) is 11.0. The molecule has 15 heteroatoms. The fourth-order valence-corrected chi connectivity index (χ4v) is 0.388. The second kappa shape index (κ2) is 12.4. The maximum atomic E-state index is 8.74. The Labute approximate surface area is 121 Å². The zero-order chi connectivity index (χ0) is 17.6. The molecule has 0 amide bonds. The molecule has 0 aliphatic carbocycles. The van der Waals surface area contributed by atoms with E-state index >= 15 is 0 Å². The first kappa shape index (κ1) is 23.4. The molecule has 0 atom stereocenters. The first-order valence-corrected chi connectivity index (χ1v) is 6.09. The van der Waals surface area contributed by atoms with Crippen molar-refractivity contribution >= 4 is 34.2 Å². The lowest BCUT2D eigenvalue weighted by atomic mass is 10.9. The van der Waals surface area contributed by atoms with Crippen LogP contribution in [0.15, 0.2) is 9.98 Å². The minimum Gasteiger partial charge on any atom is -0.370 e. The van der Waals surface area contributed by atoms with E-state index in [1.807, 2.05) is 0 Å². The van der Waals surface area contributed by atoms with E-state index < -0.39 is 10.4 Å². The Hall–Kier alpha value is -2.65.